The molecule has 0 atom stereocenters. The Bertz CT molecular complexity index is 1120. The number of likely N-dealkylation sites (tertiary alicyclic amines) is 1. The number of para-hydroxylation sites is 1. The lowest BCUT2D eigenvalue weighted by Crippen LogP contribution is -2.42. The average Bonchev–Trinajstić information content (AvgIpc) is 2.74. The maximum Gasteiger partial charge on any atom is 0.349 e. The van der Waals surface area contributed by atoms with Gasteiger partial charge in [-0.25, -0.2) is 9.78 Å². The van der Waals surface area contributed by atoms with E-state index in [9.17, 15) is 14.4 Å². The van der Waals surface area contributed by atoms with Gasteiger partial charge in [0, 0.05) is 35.1 Å². The van der Waals surface area contributed by atoms with E-state index in [0.717, 1.165) is 4.47 Å². The molecule has 1 N–H and O–H groups in total. The highest BCUT2D eigenvalue weighted by molar-refractivity contribution is 9.10. The Morgan fingerprint density at radius 3 is 2.62 bits per heavy atom. The minimum absolute atomic E-state index is 0.0191. The summed E-state index contributed by atoms with van der Waals surface area (Å²) in [7, 11) is 0. The number of hydrogen-bond donors (Lipinski definition) is 1. The summed E-state index contributed by atoms with van der Waals surface area (Å²) in [5.74, 6) is -0.196. The number of halogens is 1. The fourth-order valence-electron chi connectivity index (χ4n) is 3.40. The molecule has 148 valence electrons. The molecule has 0 unspecified atom stereocenters. The molecule has 0 saturated carbocycles. The monoisotopic (exact) mass is 455 g/mol. The number of benzene rings is 1. The van der Waals surface area contributed by atoms with E-state index in [4.69, 9.17) is 4.42 Å². The summed E-state index contributed by atoms with van der Waals surface area (Å²) in [6, 6.07) is 12.2. The molecule has 0 aliphatic carbocycles. The van der Waals surface area contributed by atoms with Crippen LogP contribution in [-0.4, -0.2) is 34.8 Å². The number of anilines is 1. The summed E-state index contributed by atoms with van der Waals surface area (Å²) in [5.41, 5.74) is -0.175. The predicted molar refractivity (Wildman–Crippen MR) is 112 cm³/mol. The maximum atomic E-state index is 12.8. The number of carbonyl (C=O) groups excluding carboxylic acids is 2. The Morgan fingerprint density at radius 2 is 1.90 bits per heavy atom. The third kappa shape index (κ3) is 4.22. The van der Waals surface area contributed by atoms with Crippen molar-refractivity contribution in [2.45, 2.75) is 12.8 Å². The summed E-state index contributed by atoms with van der Waals surface area (Å²) in [5, 5.41) is 3.51. The molecule has 29 heavy (non-hydrogen) atoms. The second kappa shape index (κ2) is 8.16. The van der Waals surface area contributed by atoms with Crippen LogP contribution in [0, 0.1) is 5.92 Å². The molecule has 0 radical (unpaired) electrons. The molecular weight excluding hydrogens is 438 g/mol. The van der Waals surface area contributed by atoms with Gasteiger partial charge in [0.1, 0.15) is 17.0 Å². The lowest BCUT2D eigenvalue weighted by Gasteiger charge is -2.31. The fraction of sp³-hybridized carbons (Fsp3) is 0.238. The number of fused-ring (bicyclic) bond motifs is 1. The highest BCUT2D eigenvalue weighted by atomic mass is 79.9. The van der Waals surface area contributed by atoms with Crippen LogP contribution in [0.15, 0.2) is 62.3 Å². The predicted octanol–water partition coefficient (Wildman–Crippen LogP) is 3.44. The first-order chi connectivity index (χ1) is 14.0. The Hall–Kier alpha value is -3.00. The minimum atomic E-state index is -0.644. The first-order valence-electron chi connectivity index (χ1n) is 9.26. The van der Waals surface area contributed by atoms with E-state index in [-0.39, 0.29) is 23.3 Å². The molecule has 2 amide bonds. The van der Waals surface area contributed by atoms with Crippen molar-refractivity contribution in [2.75, 3.05) is 18.4 Å². The molecule has 7 nitrogen and oxygen atoms in total. The van der Waals surface area contributed by atoms with Crippen molar-refractivity contribution in [3.63, 3.8) is 0 Å². The number of hydrogen-bond acceptors (Lipinski definition) is 5. The topological polar surface area (TPSA) is 92.5 Å². The molecule has 0 bridgehead atoms. The number of piperidine rings is 1. The lowest BCUT2D eigenvalue weighted by atomic mass is 9.95. The SMILES string of the molecule is O=C(Nc1ccc(Br)cn1)C1CCN(C(=O)c2cc3ccccc3oc2=O)CC1. The van der Waals surface area contributed by atoms with Crippen molar-refractivity contribution < 1.29 is 14.0 Å². The Morgan fingerprint density at radius 1 is 1.14 bits per heavy atom. The number of aromatic nitrogens is 1. The van der Waals surface area contributed by atoms with Crippen molar-refractivity contribution in [2.24, 2.45) is 5.92 Å². The van der Waals surface area contributed by atoms with Crippen LogP contribution >= 0.6 is 15.9 Å². The standard InChI is InChI=1S/C21H18BrN3O4/c22-15-5-6-18(23-12-15)24-19(26)13-7-9-25(10-8-13)20(27)16-11-14-3-1-2-4-17(14)29-21(16)28/h1-6,11-13H,7-10H2,(H,23,24,26). The van der Waals surface area contributed by atoms with Crippen molar-refractivity contribution in [3.8, 4) is 0 Å². The molecular formula is C21H18BrN3O4. The van der Waals surface area contributed by atoms with E-state index in [1.54, 1.807) is 47.5 Å². The van der Waals surface area contributed by atoms with Gasteiger partial charge in [-0.05, 0) is 53.0 Å². The number of rotatable bonds is 3. The maximum absolute atomic E-state index is 12.8. The largest absolute Gasteiger partial charge is 0.422 e. The van der Waals surface area contributed by atoms with E-state index in [2.05, 4.69) is 26.2 Å². The van der Waals surface area contributed by atoms with E-state index in [0.29, 0.717) is 42.7 Å². The van der Waals surface area contributed by atoms with Gasteiger partial charge in [0.2, 0.25) is 5.91 Å². The lowest BCUT2D eigenvalue weighted by molar-refractivity contribution is -0.121. The number of amides is 2. The molecule has 1 aliphatic rings. The Kier molecular flexibility index (Phi) is 5.44. The van der Waals surface area contributed by atoms with Crippen LogP contribution < -0.4 is 10.9 Å². The molecule has 3 aromatic rings. The number of carbonyl (C=O) groups is 2. The van der Waals surface area contributed by atoms with Crippen molar-refractivity contribution in [3.05, 3.63) is 69.1 Å². The zero-order valence-corrected chi connectivity index (χ0v) is 17.0. The number of nitrogens with one attached hydrogen (secondary N) is 1. The molecule has 3 heterocycles. The average molecular weight is 456 g/mol. The van der Waals surface area contributed by atoms with Gasteiger partial charge < -0.3 is 14.6 Å². The first kappa shape index (κ1) is 19.3. The molecule has 1 fully saturated rings. The fourth-order valence-corrected chi connectivity index (χ4v) is 3.64. The van der Waals surface area contributed by atoms with Gasteiger partial charge in [-0.2, -0.15) is 0 Å². The molecule has 2 aromatic heterocycles. The van der Waals surface area contributed by atoms with Gasteiger partial charge in [0.15, 0.2) is 0 Å². The zero-order valence-electron chi connectivity index (χ0n) is 15.4. The molecule has 1 aromatic carbocycles. The molecule has 1 saturated heterocycles. The first-order valence-corrected chi connectivity index (χ1v) is 10.0. The van der Waals surface area contributed by atoms with Gasteiger partial charge in [0.05, 0.1) is 0 Å². The van der Waals surface area contributed by atoms with Crippen molar-refractivity contribution >= 4 is 44.5 Å². The second-order valence-corrected chi connectivity index (χ2v) is 7.82. The third-order valence-electron chi connectivity index (χ3n) is 5.00. The smallest absolute Gasteiger partial charge is 0.349 e. The van der Waals surface area contributed by atoms with Crippen LogP contribution in [0.1, 0.15) is 23.2 Å². The molecule has 8 heteroatoms. The molecule has 1 aliphatic heterocycles. The van der Waals surface area contributed by atoms with Crippen molar-refractivity contribution in [1.29, 1.82) is 0 Å². The summed E-state index contributed by atoms with van der Waals surface area (Å²) in [6.45, 7) is 0.800. The Balaban J connectivity index is 1.41. The molecule has 0 spiro atoms. The minimum Gasteiger partial charge on any atom is -0.422 e. The van der Waals surface area contributed by atoms with E-state index < -0.39 is 5.63 Å². The number of nitrogens with zero attached hydrogens (tertiary/aromatic N) is 2. The van der Waals surface area contributed by atoms with Crippen LogP contribution in [0.4, 0.5) is 5.82 Å². The third-order valence-corrected chi connectivity index (χ3v) is 5.47. The van der Waals surface area contributed by atoms with Gasteiger partial charge >= 0.3 is 5.63 Å². The van der Waals surface area contributed by atoms with Crippen LogP contribution in [0.25, 0.3) is 11.0 Å². The van der Waals surface area contributed by atoms with Gasteiger partial charge in [0.25, 0.3) is 5.91 Å². The van der Waals surface area contributed by atoms with Crippen LogP contribution in [0.5, 0.6) is 0 Å². The second-order valence-electron chi connectivity index (χ2n) is 6.90. The van der Waals surface area contributed by atoms with Crippen molar-refractivity contribution in [1.82, 2.24) is 9.88 Å². The van der Waals surface area contributed by atoms with Gasteiger partial charge in [-0.3, -0.25) is 9.59 Å². The van der Waals surface area contributed by atoms with Gasteiger partial charge in [-0.15, -0.1) is 0 Å². The zero-order chi connectivity index (χ0) is 20.4. The van der Waals surface area contributed by atoms with E-state index in [1.807, 2.05) is 6.07 Å². The summed E-state index contributed by atoms with van der Waals surface area (Å²) < 4.78 is 6.10. The summed E-state index contributed by atoms with van der Waals surface area (Å²) in [4.78, 5) is 43.3. The van der Waals surface area contributed by atoms with Crippen LogP contribution in [-0.2, 0) is 4.79 Å². The normalized spacial score (nSPS) is 14.7. The highest BCUT2D eigenvalue weighted by Crippen LogP contribution is 2.21. The highest BCUT2D eigenvalue weighted by Gasteiger charge is 2.29. The van der Waals surface area contributed by atoms with E-state index >= 15 is 0 Å². The summed E-state index contributed by atoms with van der Waals surface area (Å²) in [6.07, 6.45) is 2.66. The van der Waals surface area contributed by atoms with E-state index in [1.165, 1.54) is 0 Å². The Labute approximate surface area is 174 Å². The quantitative estimate of drug-likeness (QED) is 0.610. The molecule has 4 rings (SSSR count). The van der Waals surface area contributed by atoms with Gasteiger partial charge in [-0.1, -0.05) is 18.2 Å². The number of pyridine rings is 1. The van der Waals surface area contributed by atoms with Crippen LogP contribution in [0.3, 0.4) is 0 Å². The summed E-state index contributed by atoms with van der Waals surface area (Å²) >= 11 is 3.30. The van der Waals surface area contributed by atoms with Crippen LogP contribution in [0.2, 0.25) is 0 Å².